The third-order valence-corrected chi connectivity index (χ3v) is 2.89. The van der Waals surface area contributed by atoms with Crippen LogP contribution >= 0.6 is 0 Å². The van der Waals surface area contributed by atoms with Gasteiger partial charge in [0.15, 0.2) is 0 Å². The van der Waals surface area contributed by atoms with Crippen molar-refractivity contribution in [3.8, 4) is 12.3 Å². The van der Waals surface area contributed by atoms with E-state index < -0.39 is 0 Å². The molecule has 0 nitrogen and oxygen atoms in total. The van der Waals surface area contributed by atoms with E-state index in [0.29, 0.717) is 0 Å². The fourth-order valence-electron chi connectivity index (χ4n) is 1.99. The van der Waals surface area contributed by atoms with E-state index in [9.17, 15) is 0 Å². The highest BCUT2D eigenvalue weighted by molar-refractivity contribution is 5.21. The molecule has 2 rings (SSSR count). The smallest absolute Gasteiger partial charge is 0.0280 e. The van der Waals surface area contributed by atoms with E-state index in [1.807, 2.05) is 12.1 Å². The van der Waals surface area contributed by atoms with E-state index in [1.54, 1.807) is 0 Å². The van der Waals surface area contributed by atoms with Gasteiger partial charge in [-0.15, -0.1) is 12.3 Å². The molecule has 0 bridgehead atoms. The predicted molar refractivity (Wildman–Crippen MR) is 72.6 cm³/mol. The van der Waals surface area contributed by atoms with Gasteiger partial charge in [0.05, 0.1) is 0 Å². The van der Waals surface area contributed by atoms with Crippen molar-refractivity contribution in [3.05, 3.63) is 71.8 Å². The molecule has 0 fully saturated rings. The Labute approximate surface area is 103 Å². The zero-order chi connectivity index (χ0) is 11.9. The van der Waals surface area contributed by atoms with Crippen LogP contribution in [0.15, 0.2) is 60.7 Å². The quantitative estimate of drug-likeness (QED) is 0.689. The van der Waals surface area contributed by atoms with Crippen molar-refractivity contribution in [2.45, 2.75) is 12.8 Å². The topological polar surface area (TPSA) is 0 Å². The first kappa shape index (κ1) is 11.5. The van der Waals surface area contributed by atoms with E-state index in [2.05, 4.69) is 54.5 Å². The summed E-state index contributed by atoms with van der Waals surface area (Å²) < 4.78 is 0. The van der Waals surface area contributed by atoms with Crippen molar-refractivity contribution in [2.75, 3.05) is 0 Å². The molecule has 0 spiro atoms. The van der Waals surface area contributed by atoms with Crippen molar-refractivity contribution in [2.24, 2.45) is 5.92 Å². The second-order valence-corrected chi connectivity index (χ2v) is 4.24. The number of hydrogen-bond donors (Lipinski definition) is 0. The van der Waals surface area contributed by atoms with E-state index in [0.717, 1.165) is 12.8 Å². The Balaban J connectivity index is 2.01. The summed E-state index contributed by atoms with van der Waals surface area (Å²) in [5.74, 6) is 3.18. The van der Waals surface area contributed by atoms with E-state index in [-0.39, 0.29) is 5.92 Å². The molecule has 2 aromatic rings. The summed E-state index contributed by atoms with van der Waals surface area (Å²) in [5, 5.41) is 0. The molecule has 2 aromatic carbocycles. The third-order valence-electron chi connectivity index (χ3n) is 2.89. The summed E-state index contributed by atoms with van der Waals surface area (Å²) in [6.45, 7) is 0. The summed E-state index contributed by atoms with van der Waals surface area (Å²) in [6.07, 6.45) is 7.52. The van der Waals surface area contributed by atoms with Gasteiger partial charge >= 0.3 is 0 Å². The first-order valence-corrected chi connectivity index (χ1v) is 5.92. The highest BCUT2D eigenvalue weighted by atomic mass is 14.1. The van der Waals surface area contributed by atoms with Crippen molar-refractivity contribution < 1.29 is 0 Å². The van der Waals surface area contributed by atoms with Crippen LogP contribution in [0.4, 0.5) is 0 Å². The van der Waals surface area contributed by atoms with Crippen LogP contribution in [0, 0.1) is 18.3 Å². The summed E-state index contributed by atoms with van der Waals surface area (Å²) >= 11 is 0. The molecular formula is C17H16. The Kier molecular flexibility index (Phi) is 4.00. The molecule has 0 radical (unpaired) electrons. The Hall–Kier alpha value is -2.00. The molecule has 0 aliphatic heterocycles. The van der Waals surface area contributed by atoms with E-state index >= 15 is 0 Å². The van der Waals surface area contributed by atoms with Crippen LogP contribution in [-0.4, -0.2) is 0 Å². The Morgan fingerprint density at radius 3 is 1.53 bits per heavy atom. The van der Waals surface area contributed by atoms with Gasteiger partial charge in [-0.25, -0.2) is 0 Å². The molecule has 0 heterocycles. The lowest BCUT2D eigenvalue weighted by Crippen LogP contribution is -2.05. The average molecular weight is 220 g/mol. The van der Waals surface area contributed by atoms with Crippen LogP contribution in [-0.2, 0) is 12.8 Å². The number of benzene rings is 2. The van der Waals surface area contributed by atoms with Gasteiger partial charge in [-0.2, -0.15) is 0 Å². The summed E-state index contributed by atoms with van der Waals surface area (Å²) in [4.78, 5) is 0. The normalized spacial score (nSPS) is 10.1. The molecule has 0 saturated heterocycles. The molecule has 0 saturated carbocycles. The molecule has 0 unspecified atom stereocenters. The summed E-state index contributed by atoms with van der Waals surface area (Å²) in [7, 11) is 0. The number of rotatable bonds is 4. The van der Waals surface area contributed by atoms with Crippen molar-refractivity contribution in [1.82, 2.24) is 0 Å². The maximum Gasteiger partial charge on any atom is 0.0280 e. The van der Waals surface area contributed by atoms with Crippen molar-refractivity contribution in [1.29, 1.82) is 0 Å². The van der Waals surface area contributed by atoms with Gasteiger partial charge in [0.1, 0.15) is 0 Å². The highest BCUT2D eigenvalue weighted by Gasteiger charge is 2.07. The van der Waals surface area contributed by atoms with Gasteiger partial charge in [0.2, 0.25) is 0 Å². The minimum Gasteiger partial charge on any atom is -0.120 e. The zero-order valence-electron chi connectivity index (χ0n) is 9.84. The second kappa shape index (κ2) is 5.92. The monoisotopic (exact) mass is 220 g/mol. The maximum absolute atomic E-state index is 5.62. The number of hydrogen-bond acceptors (Lipinski definition) is 0. The van der Waals surface area contributed by atoms with Gasteiger partial charge in [-0.1, -0.05) is 60.7 Å². The second-order valence-electron chi connectivity index (χ2n) is 4.24. The number of terminal acetylenes is 1. The van der Waals surface area contributed by atoms with Crippen molar-refractivity contribution >= 4 is 0 Å². The third kappa shape index (κ3) is 3.50. The van der Waals surface area contributed by atoms with Gasteiger partial charge < -0.3 is 0 Å². The van der Waals surface area contributed by atoms with Gasteiger partial charge in [-0.05, 0) is 24.0 Å². The zero-order valence-corrected chi connectivity index (χ0v) is 9.84. The molecule has 0 aromatic heterocycles. The minimum atomic E-state index is 0.278. The van der Waals surface area contributed by atoms with Gasteiger partial charge in [0.25, 0.3) is 0 Å². The fraction of sp³-hybridized carbons (Fsp3) is 0.176. The lowest BCUT2D eigenvalue weighted by molar-refractivity contribution is 0.668. The fourth-order valence-corrected chi connectivity index (χ4v) is 1.99. The van der Waals surface area contributed by atoms with Crippen LogP contribution < -0.4 is 0 Å². The lowest BCUT2D eigenvalue weighted by Gasteiger charge is -2.10. The predicted octanol–water partition coefficient (Wildman–Crippen LogP) is 3.72. The molecule has 0 amide bonds. The molecule has 0 aliphatic carbocycles. The Morgan fingerprint density at radius 1 is 0.765 bits per heavy atom. The molecule has 0 aliphatic rings. The first-order chi connectivity index (χ1) is 8.38. The average Bonchev–Trinajstić information content (AvgIpc) is 2.40. The molecule has 0 N–H and O–H groups in total. The van der Waals surface area contributed by atoms with E-state index in [1.165, 1.54) is 11.1 Å². The summed E-state index contributed by atoms with van der Waals surface area (Å²) in [6, 6.07) is 20.8. The van der Waals surface area contributed by atoms with Crippen molar-refractivity contribution in [3.63, 3.8) is 0 Å². The van der Waals surface area contributed by atoms with Crippen LogP contribution in [0.1, 0.15) is 11.1 Å². The molecule has 0 heteroatoms. The molecule has 84 valence electrons. The standard InChI is InChI=1S/C17H16/c1-2-15(13-16-9-5-3-6-10-16)14-17-11-7-4-8-12-17/h1,3-12,15H,13-14H2. The van der Waals surface area contributed by atoms with Crippen LogP contribution in [0.2, 0.25) is 0 Å². The Bertz CT molecular complexity index is 435. The highest BCUT2D eigenvalue weighted by Crippen LogP contribution is 2.13. The molecule has 17 heavy (non-hydrogen) atoms. The molecular weight excluding hydrogens is 204 g/mol. The lowest BCUT2D eigenvalue weighted by atomic mass is 9.93. The minimum absolute atomic E-state index is 0.278. The van der Waals surface area contributed by atoms with Gasteiger partial charge in [0, 0.05) is 5.92 Å². The van der Waals surface area contributed by atoms with Crippen LogP contribution in [0.5, 0.6) is 0 Å². The Morgan fingerprint density at radius 2 is 1.18 bits per heavy atom. The van der Waals surface area contributed by atoms with Gasteiger partial charge in [-0.3, -0.25) is 0 Å². The molecule has 0 atom stereocenters. The SMILES string of the molecule is C#CC(Cc1ccccc1)Cc1ccccc1. The largest absolute Gasteiger partial charge is 0.120 e. The first-order valence-electron chi connectivity index (χ1n) is 5.92. The van der Waals surface area contributed by atoms with Crippen LogP contribution in [0.25, 0.3) is 0 Å². The maximum atomic E-state index is 5.62. The van der Waals surface area contributed by atoms with Crippen LogP contribution in [0.3, 0.4) is 0 Å². The summed E-state index contributed by atoms with van der Waals surface area (Å²) in [5.41, 5.74) is 2.62. The van der Waals surface area contributed by atoms with E-state index in [4.69, 9.17) is 6.42 Å².